The lowest BCUT2D eigenvalue weighted by Crippen LogP contribution is -2.00. The fourth-order valence-corrected chi connectivity index (χ4v) is 3.72. The third-order valence-corrected chi connectivity index (χ3v) is 5.32. The minimum Gasteiger partial charge on any atom is -0.493 e. The van der Waals surface area contributed by atoms with Gasteiger partial charge >= 0.3 is 0 Å². The van der Waals surface area contributed by atoms with Crippen LogP contribution in [0, 0.1) is 36.3 Å². The topological polar surface area (TPSA) is 109 Å². The molecule has 0 N–H and O–H groups in total. The summed E-state index contributed by atoms with van der Waals surface area (Å²) in [5, 5.41) is 29.5. The summed E-state index contributed by atoms with van der Waals surface area (Å²) < 4.78 is 12.2. The summed E-state index contributed by atoms with van der Waals surface area (Å²) >= 11 is 2.13. The number of non-ortho nitro benzene ring substituents is 1. The average Bonchev–Trinajstić information content (AvgIpc) is 2.81. The molecular weight excluding hydrogens is 521 g/mol. The second-order valence-electron chi connectivity index (χ2n) is 6.61. The zero-order chi connectivity index (χ0) is 23.1. The quantitative estimate of drug-likeness (QED) is 0.125. The van der Waals surface area contributed by atoms with Crippen LogP contribution in [0.1, 0.15) is 22.3 Å². The van der Waals surface area contributed by atoms with Gasteiger partial charge in [-0.3, -0.25) is 10.1 Å². The van der Waals surface area contributed by atoms with Crippen molar-refractivity contribution < 1.29 is 14.4 Å². The van der Waals surface area contributed by atoms with Gasteiger partial charge in [0.1, 0.15) is 6.61 Å². The molecule has 0 aliphatic heterocycles. The Morgan fingerprint density at radius 2 is 1.91 bits per heavy atom. The molecule has 0 spiro atoms. The van der Waals surface area contributed by atoms with E-state index < -0.39 is 4.92 Å². The summed E-state index contributed by atoms with van der Waals surface area (Å²) in [6.45, 7) is 0.212. The molecule has 0 unspecified atom stereocenters. The molecule has 8 heteroatoms. The maximum atomic E-state index is 10.8. The van der Waals surface area contributed by atoms with Crippen molar-refractivity contribution in [2.24, 2.45) is 0 Å². The van der Waals surface area contributed by atoms with Crippen LogP contribution in [0.15, 0.2) is 60.7 Å². The predicted molar refractivity (Wildman–Crippen MR) is 128 cm³/mol. The second kappa shape index (κ2) is 10.4. The van der Waals surface area contributed by atoms with Gasteiger partial charge in [0, 0.05) is 12.1 Å². The zero-order valence-corrected chi connectivity index (χ0v) is 19.1. The summed E-state index contributed by atoms with van der Waals surface area (Å²) in [6.07, 6.45) is 1.72. The number of halogens is 1. The Hall–Kier alpha value is -3.89. The summed E-state index contributed by atoms with van der Waals surface area (Å²) in [7, 11) is 1.53. The van der Waals surface area contributed by atoms with E-state index in [1.54, 1.807) is 48.5 Å². The van der Waals surface area contributed by atoms with Crippen molar-refractivity contribution in [1.29, 1.82) is 10.5 Å². The standard InChI is InChI=1S/C24H16IN3O4/c1-31-23-12-18(10-20(14-27)19-4-2-3-17(9-19)13-26)11-22(25)24(23)32-15-16-5-7-21(8-6-16)28(29)30/h2-12H,15H2,1H3/b20-10-. The van der Waals surface area contributed by atoms with Gasteiger partial charge in [-0.1, -0.05) is 12.1 Å². The van der Waals surface area contributed by atoms with E-state index in [2.05, 4.69) is 34.7 Å². The SMILES string of the molecule is COc1cc(/C=C(/C#N)c2cccc(C#N)c2)cc(I)c1OCc1ccc([N+](=O)[O-])cc1. The van der Waals surface area contributed by atoms with E-state index in [1.807, 2.05) is 6.07 Å². The highest BCUT2D eigenvalue weighted by Gasteiger charge is 2.13. The molecular formula is C24H16IN3O4. The van der Waals surface area contributed by atoms with E-state index in [0.29, 0.717) is 28.2 Å². The zero-order valence-electron chi connectivity index (χ0n) is 16.9. The van der Waals surface area contributed by atoms with Crippen LogP contribution in [0.3, 0.4) is 0 Å². The molecule has 0 heterocycles. The Labute approximate surface area is 198 Å². The molecule has 0 aromatic heterocycles. The number of nitro groups is 1. The van der Waals surface area contributed by atoms with E-state index in [9.17, 15) is 15.4 Å². The van der Waals surface area contributed by atoms with Crippen LogP contribution in [-0.4, -0.2) is 12.0 Å². The smallest absolute Gasteiger partial charge is 0.269 e. The number of methoxy groups -OCH3 is 1. The van der Waals surface area contributed by atoms with E-state index in [0.717, 1.165) is 14.7 Å². The number of benzene rings is 3. The highest BCUT2D eigenvalue weighted by Crippen LogP contribution is 2.35. The normalized spacial score (nSPS) is 10.7. The van der Waals surface area contributed by atoms with Crippen molar-refractivity contribution in [1.82, 2.24) is 0 Å². The first-order chi connectivity index (χ1) is 15.4. The molecule has 158 valence electrons. The summed E-state index contributed by atoms with van der Waals surface area (Å²) in [5.74, 6) is 1.03. The van der Waals surface area contributed by atoms with Crippen LogP contribution in [0.4, 0.5) is 5.69 Å². The number of nitriles is 2. The number of hydrogen-bond acceptors (Lipinski definition) is 6. The molecule has 0 saturated heterocycles. The molecule has 7 nitrogen and oxygen atoms in total. The van der Waals surface area contributed by atoms with Crippen molar-refractivity contribution in [2.45, 2.75) is 6.61 Å². The number of ether oxygens (including phenoxy) is 2. The lowest BCUT2D eigenvalue weighted by molar-refractivity contribution is -0.384. The number of nitrogens with zero attached hydrogens (tertiary/aromatic N) is 3. The lowest BCUT2D eigenvalue weighted by atomic mass is 10.0. The van der Waals surface area contributed by atoms with Gasteiger partial charge < -0.3 is 9.47 Å². The van der Waals surface area contributed by atoms with Crippen molar-refractivity contribution in [3.05, 3.63) is 96.6 Å². The van der Waals surface area contributed by atoms with Crippen LogP contribution in [0.2, 0.25) is 0 Å². The van der Waals surface area contributed by atoms with Gasteiger partial charge in [-0.15, -0.1) is 0 Å². The molecule has 0 aliphatic rings. The Bertz CT molecular complexity index is 1270. The van der Waals surface area contributed by atoms with Crippen molar-refractivity contribution in [3.8, 4) is 23.6 Å². The second-order valence-corrected chi connectivity index (χ2v) is 7.77. The number of nitro benzene ring substituents is 1. The van der Waals surface area contributed by atoms with Crippen molar-refractivity contribution in [3.63, 3.8) is 0 Å². The molecule has 0 atom stereocenters. The molecule has 3 rings (SSSR count). The lowest BCUT2D eigenvalue weighted by Gasteiger charge is -2.14. The Morgan fingerprint density at radius 1 is 1.16 bits per heavy atom. The number of rotatable bonds is 7. The van der Waals surface area contributed by atoms with Gasteiger partial charge in [0.2, 0.25) is 0 Å². The Morgan fingerprint density at radius 3 is 2.53 bits per heavy atom. The van der Waals surface area contributed by atoms with Gasteiger partial charge in [-0.2, -0.15) is 10.5 Å². The molecule has 0 fully saturated rings. The van der Waals surface area contributed by atoms with Crippen LogP contribution in [0.5, 0.6) is 11.5 Å². The van der Waals surface area contributed by atoms with Crippen LogP contribution in [0.25, 0.3) is 11.6 Å². The molecule has 0 aliphatic carbocycles. The first-order valence-corrected chi connectivity index (χ1v) is 10.4. The largest absolute Gasteiger partial charge is 0.493 e. The third kappa shape index (κ3) is 5.42. The van der Waals surface area contributed by atoms with Crippen molar-refractivity contribution in [2.75, 3.05) is 7.11 Å². The van der Waals surface area contributed by atoms with Gasteiger partial charge in [0.05, 0.1) is 38.9 Å². The third-order valence-electron chi connectivity index (χ3n) is 4.52. The van der Waals surface area contributed by atoms with E-state index in [-0.39, 0.29) is 12.3 Å². The number of allylic oxidation sites excluding steroid dienone is 1. The first kappa shape index (κ1) is 22.8. The molecule has 0 bridgehead atoms. The highest BCUT2D eigenvalue weighted by molar-refractivity contribution is 14.1. The predicted octanol–water partition coefficient (Wildman–Crippen LogP) is 5.72. The minimum absolute atomic E-state index is 0.0191. The van der Waals surface area contributed by atoms with Gasteiger partial charge in [-0.25, -0.2) is 0 Å². The summed E-state index contributed by atoms with van der Waals surface area (Å²) in [5.41, 5.74) is 3.09. The molecule has 0 saturated carbocycles. The van der Waals surface area contributed by atoms with Crippen LogP contribution >= 0.6 is 22.6 Å². The fourth-order valence-electron chi connectivity index (χ4n) is 2.94. The Kier molecular flexibility index (Phi) is 7.42. The monoisotopic (exact) mass is 537 g/mol. The Balaban J connectivity index is 1.87. The number of hydrogen-bond donors (Lipinski definition) is 0. The maximum absolute atomic E-state index is 10.8. The first-order valence-electron chi connectivity index (χ1n) is 9.31. The minimum atomic E-state index is -0.449. The van der Waals surface area contributed by atoms with E-state index in [4.69, 9.17) is 14.7 Å². The molecule has 32 heavy (non-hydrogen) atoms. The van der Waals surface area contributed by atoms with Gasteiger partial charge in [0.15, 0.2) is 11.5 Å². The highest BCUT2D eigenvalue weighted by atomic mass is 127. The van der Waals surface area contributed by atoms with Gasteiger partial charge in [0.25, 0.3) is 5.69 Å². The molecule has 3 aromatic carbocycles. The van der Waals surface area contributed by atoms with E-state index >= 15 is 0 Å². The average molecular weight is 537 g/mol. The fraction of sp³-hybridized carbons (Fsp3) is 0.0833. The maximum Gasteiger partial charge on any atom is 0.269 e. The van der Waals surface area contributed by atoms with Crippen molar-refractivity contribution >= 4 is 39.9 Å². The van der Waals surface area contributed by atoms with Gasteiger partial charge in [-0.05, 0) is 81.8 Å². The van der Waals surface area contributed by atoms with E-state index in [1.165, 1.54) is 19.2 Å². The summed E-state index contributed by atoms with van der Waals surface area (Å²) in [4.78, 5) is 10.3. The van der Waals surface area contributed by atoms with Crippen LogP contribution in [-0.2, 0) is 6.61 Å². The molecule has 0 radical (unpaired) electrons. The molecule has 3 aromatic rings. The summed E-state index contributed by atoms with van der Waals surface area (Å²) in [6, 6.07) is 20.9. The molecule has 0 amide bonds. The van der Waals surface area contributed by atoms with Crippen LogP contribution < -0.4 is 9.47 Å².